The largest absolute Gasteiger partial charge is 0.491 e. The van der Waals surface area contributed by atoms with Gasteiger partial charge in [-0.25, -0.2) is 0 Å². The molecule has 0 aliphatic carbocycles. The number of benzene rings is 1. The van der Waals surface area contributed by atoms with Crippen molar-refractivity contribution in [3.8, 4) is 5.75 Å². The molecule has 0 atom stereocenters. The van der Waals surface area contributed by atoms with Gasteiger partial charge in [-0.2, -0.15) is 0 Å². The highest BCUT2D eigenvalue weighted by Gasteiger charge is 2.01. The summed E-state index contributed by atoms with van der Waals surface area (Å²) in [6.07, 6.45) is 3.48. The summed E-state index contributed by atoms with van der Waals surface area (Å²) in [6, 6.07) is 6.84. The fraction of sp³-hybridized carbons (Fsp3) is 0.500. The fourth-order valence-electron chi connectivity index (χ4n) is 1.51. The van der Waals surface area contributed by atoms with Gasteiger partial charge >= 0.3 is 0 Å². The number of ether oxygens (including phenoxy) is 2. The van der Waals surface area contributed by atoms with E-state index in [2.05, 4.69) is 6.92 Å². The third-order valence-electron chi connectivity index (χ3n) is 2.51. The van der Waals surface area contributed by atoms with Crippen molar-refractivity contribution < 1.29 is 14.3 Å². The Morgan fingerprint density at radius 3 is 2.78 bits per heavy atom. The molecular formula is C14H21NO3. The Morgan fingerprint density at radius 1 is 1.22 bits per heavy atom. The van der Waals surface area contributed by atoms with Crippen LogP contribution in [-0.2, 0) is 4.74 Å². The normalized spacial score (nSPS) is 10.3. The third kappa shape index (κ3) is 5.68. The first-order valence-corrected chi connectivity index (χ1v) is 6.34. The minimum absolute atomic E-state index is 0.448. The Bertz CT molecular complexity index is 366. The zero-order valence-electron chi connectivity index (χ0n) is 10.9. The first-order valence-electron chi connectivity index (χ1n) is 6.34. The van der Waals surface area contributed by atoms with Crippen molar-refractivity contribution in [3.63, 3.8) is 0 Å². The maximum absolute atomic E-state index is 11.0. The highest BCUT2D eigenvalue weighted by Crippen LogP contribution is 2.12. The first kappa shape index (κ1) is 14.5. The molecule has 0 fully saturated rings. The molecule has 0 saturated heterocycles. The molecule has 0 unspecified atom stereocenters. The van der Waals surface area contributed by atoms with Crippen LogP contribution in [0.4, 0.5) is 0 Å². The van der Waals surface area contributed by atoms with Gasteiger partial charge in [0.2, 0.25) is 5.91 Å². The average Bonchev–Trinajstić information content (AvgIpc) is 2.38. The Labute approximate surface area is 108 Å². The topological polar surface area (TPSA) is 61.6 Å². The molecule has 0 bridgehead atoms. The zero-order valence-corrected chi connectivity index (χ0v) is 10.9. The van der Waals surface area contributed by atoms with Gasteiger partial charge in [-0.3, -0.25) is 4.79 Å². The van der Waals surface area contributed by atoms with E-state index in [4.69, 9.17) is 15.2 Å². The summed E-state index contributed by atoms with van der Waals surface area (Å²) < 4.78 is 10.9. The predicted octanol–water partition coefficient (Wildman–Crippen LogP) is 2.37. The van der Waals surface area contributed by atoms with Crippen LogP contribution in [0.25, 0.3) is 0 Å². The number of hydrogen-bond acceptors (Lipinski definition) is 3. The summed E-state index contributed by atoms with van der Waals surface area (Å²) in [5.41, 5.74) is 5.64. The van der Waals surface area contributed by atoms with Gasteiger partial charge < -0.3 is 15.2 Å². The number of primary amides is 1. The lowest BCUT2D eigenvalue weighted by molar-refractivity contribution is 0.0969. The van der Waals surface area contributed by atoms with E-state index in [-0.39, 0.29) is 0 Å². The van der Waals surface area contributed by atoms with Crippen molar-refractivity contribution in [2.75, 3.05) is 19.8 Å². The second-order valence-electron chi connectivity index (χ2n) is 4.06. The maximum atomic E-state index is 11.0. The van der Waals surface area contributed by atoms with E-state index in [0.717, 1.165) is 13.0 Å². The van der Waals surface area contributed by atoms with E-state index in [1.54, 1.807) is 24.3 Å². The third-order valence-corrected chi connectivity index (χ3v) is 2.51. The van der Waals surface area contributed by atoms with Gasteiger partial charge in [-0.05, 0) is 24.6 Å². The van der Waals surface area contributed by atoms with Crippen LogP contribution in [0.2, 0.25) is 0 Å². The summed E-state index contributed by atoms with van der Waals surface area (Å²) in [6.45, 7) is 3.98. The van der Waals surface area contributed by atoms with Gasteiger partial charge in [0.05, 0.1) is 6.61 Å². The first-order chi connectivity index (χ1) is 8.74. The zero-order chi connectivity index (χ0) is 13.2. The lowest BCUT2D eigenvalue weighted by atomic mass is 10.2. The number of rotatable bonds is 9. The van der Waals surface area contributed by atoms with Crippen LogP contribution < -0.4 is 10.5 Å². The lowest BCUT2D eigenvalue weighted by Gasteiger charge is -2.07. The highest BCUT2D eigenvalue weighted by molar-refractivity contribution is 5.93. The quantitative estimate of drug-likeness (QED) is 0.685. The second-order valence-corrected chi connectivity index (χ2v) is 4.06. The van der Waals surface area contributed by atoms with E-state index < -0.39 is 5.91 Å². The Hall–Kier alpha value is -1.55. The number of nitrogens with two attached hydrogens (primary N) is 1. The number of unbranched alkanes of at least 4 members (excludes halogenated alkanes) is 2. The van der Waals surface area contributed by atoms with E-state index >= 15 is 0 Å². The summed E-state index contributed by atoms with van der Waals surface area (Å²) in [5, 5.41) is 0. The van der Waals surface area contributed by atoms with E-state index in [1.165, 1.54) is 12.8 Å². The van der Waals surface area contributed by atoms with Crippen molar-refractivity contribution in [2.45, 2.75) is 26.2 Å². The van der Waals surface area contributed by atoms with Gasteiger partial charge in [0.15, 0.2) is 0 Å². The Balaban J connectivity index is 2.19. The Morgan fingerprint density at radius 2 is 2.06 bits per heavy atom. The van der Waals surface area contributed by atoms with Crippen molar-refractivity contribution in [1.29, 1.82) is 0 Å². The van der Waals surface area contributed by atoms with Crippen LogP contribution in [0.15, 0.2) is 24.3 Å². The molecule has 1 aromatic rings. The van der Waals surface area contributed by atoms with E-state index in [0.29, 0.717) is 24.5 Å². The molecule has 0 spiro atoms. The molecule has 0 aromatic heterocycles. The predicted molar refractivity (Wildman–Crippen MR) is 70.8 cm³/mol. The summed E-state index contributed by atoms with van der Waals surface area (Å²) in [7, 11) is 0. The maximum Gasteiger partial charge on any atom is 0.248 e. The number of amides is 1. The molecule has 18 heavy (non-hydrogen) atoms. The van der Waals surface area contributed by atoms with E-state index in [1.807, 2.05) is 0 Å². The molecule has 4 nitrogen and oxygen atoms in total. The SMILES string of the molecule is CCCCCOCCOc1cccc(C(N)=O)c1. The fourth-order valence-corrected chi connectivity index (χ4v) is 1.51. The standard InChI is InChI=1S/C14H21NO3/c1-2-3-4-8-17-9-10-18-13-7-5-6-12(11-13)14(15)16/h5-7,11H,2-4,8-10H2,1H3,(H2,15,16). The van der Waals surface area contributed by atoms with Gasteiger partial charge in [-0.1, -0.05) is 25.8 Å². The monoisotopic (exact) mass is 251 g/mol. The van der Waals surface area contributed by atoms with Crippen molar-refractivity contribution in [1.82, 2.24) is 0 Å². The molecular weight excluding hydrogens is 230 g/mol. The van der Waals surface area contributed by atoms with Crippen LogP contribution in [-0.4, -0.2) is 25.7 Å². The number of carbonyl (C=O) groups is 1. The molecule has 100 valence electrons. The Kier molecular flexibility index (Phi) is 6.87. The molecule has 2 N–H and O–H groups in total. The summed E-state index contributed by atoms with van der Waals surface area (Å²) in [5.74, 6) is 0.194. The van der Waals surface area contributed by atoms with Crippen molar-refractivity contribution >= 4 is 5.91 Å². The number of hydrogen-bond donors (Lipinski definition) is 1. The number of carbonyl (C=O) groups excluding carboxylic acids is 1. The molecule has 4 heteroatoms. The van der Waals surface area contributed by atoms with Crippen LogP contribution in [0.5, 0.6) is 5.75 Å². The van der Waals surface area contributed by atoms with Gasteiger partial charge in [0, 0.05) is 12.2 Å². The van der Waals surface area contributed by atoms with E-state index in [9.17, 15) is 4.79 Å². The smallest absolute Gasteiger partial charge is 0.248 e. The molecule has 1 aromatic carbocycles. The molecule has 0 radical (unpaired) electrons. The van der Waals surface area contributed by atoms with Crippen LogP contribution in [0, 0.1) is 0 Å². The average molecular weight is 251 g/mol. The lowest BCUT2D eigenvalue weighted by Crippen LogP contribution is -2.11. The molecule has 0 aliphatic heterocycles. The minimum atomic E-state index is -0.448. The van der Waals surface area contributed by atoms with Crippen LogP contribution in [0.3, 0.4) is 0 Å². The highest BCUT2D eigenvalue weighted by atomic mass is 16.5. The molecule has 0 heterocycles. The summed E-state index contributed by atoms with van der Waals surface area (Å²) in [4.78, 5) is 11.0. The molecule has 0 aliphatic rings. The van der Waals surface area contributed by atoms with Crippen molar-refractivity contribution in [3.05, 3.63) is 29.8 Å². The second kappa shape index (κ2) is 8.53. The summed E-state index contributed by atoms with van der Waals surface area (Å²) >= 11 is 0. The van der Waals surface area contributed by atoms with Crippen LogP contribution in [0.1, 0.15) is 36.5 Å². The minimum Gasteiger partial charge on any atom is -0.491 e. The van der Waals surface area contributed by atoms with Gasteiger partial charge in [0.25, 0.3) is 0 Å². The molecule has 1 rings (SSSR count). The van der Waals surface area contributed by atoms with Crippen LogP contribution >= 0.6 is 0 Å². The molecule has 1 amide bonds. The molecule has 0 saturated carbocycles. The van der Waals surface area contributed by atoms with Crippen molar-refractivity contribution in [2.24, 2.45) is 5.73 Å². The van der Waals surface area contributed by atoms with Gasteiger partial charge in [-0.15, -0.1) is 0 Å². The van der Waals surface area contributed by atoms with Gasteiger partial charge in [0.1, 0.15) is 12.4 Å².